The zero-order valence-electron chi connectivity index (χ0n) is 13.3. The zero-order chi connectivity index (χ0) is 16.7. The van der Waals surface area contributed by atoms with Crippen molar-refractivity contribution in [2.45, 2.75) is 38.1 Å². The first kappa shape index (κ1) is 17.0. The highest BCUT2D eigenvalue weighted by molar-refractivity contribution is 5.98. The van der Waals surface area contributed by atoms with Crippen molar-refractivity contribution in [1.82, 2.24) is 10.6 Å². The monoisotopic (exact) mass is 318 g/mol. The summed E-state index contributed by atoms with van der Waals surface area (Å²) in [7, 11) is 1.56. The Labute approximate surface area is 135 Å². The minimum atomic E-state index is -0.485. The predicted molar refractivity (Wildman–Crippen MR) is 85.3 cm³/mol. The van der Waals surface area contributed by atoms with Crippen LogP contribution < -0.4 is 15.4 Å². The molecule has 1 unspecified atom stereocenters. The van der Waals surface area contributed by atoms with Crippen LogP contribution in [0.3, 0.4) is 0 Å². The number of methoxy groups -OCH3 is 1. The lowest BCUT2D eigenvalue weighted by atomic mass is 10.1. The fourth-order valence-corrected chi connectivity index (χ4v) is 2.49. The number of nitrogens with one attached hydrogen (secondary N) is 2. The van der Waals surface area contributed by atoms with Crippen molar-refractivity contribution in [3.8, 4) is 5.75 Å². The Balaban J connectivity index is 1.80. The van der Waals surface area contributed by atoms with E-state index in [0.29, 0.717) is 24.3 Å². The molecule has 1 saturated heterocycles. The van der Waals surface area contributed by atoms with Gasteiger partial charge in [0.15, 0.2) is 5.78 Å². The molecule has 6 nitrogen and oxygen atoms in total. The third-order valence-corrected chi connectivity index (χ3v) is 3.86. The normalized spacial score (nSPS) is 17.8. The van der Waals surface area contributed by atoms with Crippen molar-refractivity contribution in [3.63, 3.8) is 0 Å². The predicted octanol–water partition coefficient (Wildman–Crippen LogP) is 1.44. The topological polar surface area (TPSA) is 84.5 Å². The molecule has 1 aliphatic rings. The van der Waals surface area contributed by atoms with Crippen LogP contribution in [0.25, 0.3) is 0 Å². The molecular weight excluding hydrogens is 296 g/mol. The summed E-state index contributed by atoms with van der Waals surface area (Å²) in [6, 6.07) is 6.29. The Hall–Kier alpha value is -2.37. The van der Waals surface area contributed by atoms with Gasteiger partial charge in [-0.25, -0.2) is 0 Å². The number of benzene rings is 1. The molecule has 2 rings (SSSR count). The van der Waals surface area contributed by atoms with Gasteiger partial charge in [0, 0.05) is 24.9 Å². The molecule has 0 bridgehead atoms. The van der Waals surface area contributed by atoms with Crippen molar-refractivity contribution in [3.05, 3.63) is 29.8 Å². The van der Waals surface area contributed by atoms with Crippen LogP contribution in [0, 0.1) is 0 Å². The van der Waals surface area contributed by atoms with Gasteiger partial charge in [-0.1, -0.05) is 0 Å². The van der Waals surface area contributed by atoms with Crippen LogP contribution >= 0.6 is 0 Å². The van der Waals surface area contributed by atoms with Crippen LogP contribution in [0.15, 0.2) is 24.3 Å². The van der Waals surface area contributed by atoms with E-state index in [1.54, 1.807) is 31.4 Å². The van der Waals surface area contributed by atoms with Gasteiger partial charge in [-0.3, -0.25) is 14.4 Å². The maximum absolute atomic E-state index is 12.1. The second-order valence-electron chi connectivity index (χ2n) is 5.56. The van der Waals surface area contributed by atoms with E-state index in [1.165, 1.54) is 0 Å². The Morgan fingerprint density at radius 1 is 1.22 bits per heavy atom. The Kier molecular flexibility index (Phi) is 6.14. The van der Waals surface area contributed by atoms with E-state index in [9.17, 15) is 14.4 Å². The van der Waals surface area contributed by atoms with Crippen LogP contribution in [0.4, 0.5) is 0 Å². The summed E-state index contributed by atoms with van der Waals surface area (Å²) in [5.41, 5.74) is 0.547. The highest BCUT2D eigenvalue weighted by atomic mass is 16.5. The molecule has 0 aromatic heterocycles. The smallest absolute Gasteiger partial charge is 0.242 e. The summed E-state index contributed by atoms with van der Waals surface area (Å²) in [5.74, 6) is 0.165. The molecule has 1 aromatic rings. The number of hydrogen-bond acceptors (Lipinski definition) is 4. The van der Waals surface area contributed by atoms with Gasteiger partial charge in [-0.05, 0) is 43.5 Å². The summed E-state index contributed by atoms with van der Waals surface area (Å²) >= 11 is 0. The van der Waals surface area contributed by atoms with Gasteiger partial charge in [0.1, 0.15) is 11.8 Å². The SMILES string of the molecule is COc1ccc(C(=O)CCC(=O)NC2CCCCNC2=O)cc1. The van der Waals surface area contributed by atoms with E-state index in [4.69, 9.17) is 4.74 Å². The molecule has 0 radical (unpaired) electrons. The number of hydrogen-bond donors (Lipinski definition) is 2. The van der Waals surface area contributed by atoms with Crippen molar-refractivity contribution in [2.75, 3.05) is 13.7 Å². The molecule has 2 amide bonds. The molecule has 1 fully saturated rings. The number of amides is 2. The summed E-state index contributed by atoms with van der Waals surface area (Å²) < 4.78 is 5.04. The van der Waals surface area contributed by atoms with E-state index in [-0.39, 0.29) is 30.4 Å². The number of carbonyl (C=O) groups is 3. The number of rotatable bonds is 6. The number of ether oxygens (including phenoxy) is 1. The van der Waals surface area contributed by atoms with Gasteiger partial charge in [0.25, 0.3) is 0 Å². The molecule has 23 heavy (non-hydrogen) atoms. The van der Waals surface area contributed by atoms with Crippen molar-refractivity contribution >= 4 is 17.6 Å². The summed E-state index contributed by atoms with van der Waals surface area (Å²) in [6.07, 6.45) is 2.66. The molecule has 1 atom stereocenters. The number of carbonyl (C=O) groups excluding carboxylic acids is 3. The molecule has 0 spiro atoms. The fraction of sp³-hybridized carbons (Fsp3) is 0.471. The molecule has 6 heteroatoms. The molecular formula is C17H22N2O4. The molecule has 1 aromatic carbocycles. The van der Waals surface area contributed by atoms with Crippen molar-refractivity contribution in [1.29, 1.82) is 0 Å². The minimum Gasteiger partial charge on any atom is -0.497 e. The lowest BCUT2D eigenvalue weighted by Gasteiger charge is -2.15. The first-order valence-corrected chi connectivity index (χ1v) is 7.84. The lowest BCUT2D eigenvalue weighted by Crippen LogP contribution is -2.45. The highest BCUT2D eigenvalue weighted by Crippen LogP contribution is 2.13. The van der Waals surface area contributed by atoms with E-state index < -0.39 is 6.04 Å². The third-order valence-electron chi connectivity index (χ3n) is 3.86. The van der Waals surface area contributed by atoms with Gasteiger partial charge in [0.2, 0.25) is 11.8 Å². The first-order valence-electron chi connectivity index (χ1n) is 7.84. The average Bonchev–Trinajstić information content (AvgIpc) is 2.77. The van der Waals surface area contributed by atoms with Crippen LogP contribution in [-0.2, 0) is 9.59 Å². The van der Waals surface area contributed by atoms with Crippen LogP contribution in [-0.4, -0.2) is 37.3 Å². The fourth-order valence-electron chi connectivity index (χ4n) is 2.49. The van der Waals surface area contributed by atoms with E-state index in [1.807, 2.05) is 0 Å². The molecule has 0 aliphatic carbocycles. The van der Waals surface area contributed by atoms with Crippen molar-refractivity contribution in [2.24, 2.45) is 0 Å². The van der Waals surface area contributed by atoms with Gasteiger partial charge < -0.3 is 15.4 Å². The molecule has 1 aliphatic heterocycles. The average molecular weight is 318 g/mol. The first-order chi connectivity index (χ1) is 11.1. The maximum Gasteiger partial charge on any atom is 0.242 e. The van der Waals surface area contributed by atoms with Gasteiger partial charge in [0.05, 0.1) is 7.11 Å². The second-order valence-corrected chi connectivity index (χ2v) is 5.56. The Morgan fingerprint density at radius 2 is 1.96 bits per heavy atom. The largest absolute Gasteiger partial charge is 0.497 e. The Bertz CT molecular complexity index is 568. The molecule has 124 valence electrons. The molecule has 2 N–H and O–H groups in total. The van der Waals surface area contributed by atoms with Crippen LogP contribution in [0.5, 0.6) is 5.75 Å². The summed E-state index contributed by atoms with van der Waals surface area (Å²) in [5, 5.41) is 5.48. The molecule has 1 heterocycles. The zero-order valence-corrected chi connectivity index (χ0v) is 13.3. The van der Waals surface area contributed by atoms with E-state index >= 15 is 0 Å². The molecule has 0 saturated carbocycles. The third kappa shape index (κ3) is 5.09. The standard InChI is InChI=1S/C17H22N2O4/c1-23-13-7-5-12(6-8-13)15(20)9-10-16(21)19-14-4-2-3-11-18-17(14)22/h5-8,14H,2-4,9-11H2,1H3,(H,18,22)(H,19,21). The maximum atomic E-state index is 12.1. The number of Topliss-reactive ketones (excluding diaryl/α,β-unsaturated/α-hetero) is 1. The van der Waals surface area contributed by atoms with Gasteiger partial charge in [-0.2, -0.15) is 0 Å². The van der Waals surface area contributed by atoms with Gasteiger partial charge >= 0.3 is 0 Å². The van der Waals surface area contributed by atoms with Crippen molar-refractivity contribution < 1.29 is 19.1 Å². The highest BCUT2D eigenvalue weighted by Gasteiger charge is 2.22. The number of ketones is 1. The van der Waals surface area contributed by atoms with E-state index in [2.05, 4.69) is 10.6 Å². The van der Waals surface area contributed by atoms with Crippen LogP contribution in [0.1, 0.15) is 42.5 Å². The lowest BCUT2D eigenvalue weighted by molar-refractivity contribution is -0.128. The quantitative estimate of drug-likeness (QED) is 0.777. The second kappa shape index (κ2) is 8.31. The Morgan fingerprint density at radius 3 is 2.65 bits per heavy atom. The van der Waals surface area contributed by atoms with Gasteiger partial charge in [-0.15, -0.1) is 0 Å². The summed E-state index contributed by atoms with van der Waals surface area (Å²) in [6.45, 7) is 0.654. The summed E-state index contributed by atoms with van der Waals surface area (Å²) in [4.78, 5) is 35.8. The minimum absolute atomic E-state index is 0.0780. The van der Waals surface area contributed by atoms with E-state index in [0.717, 1.165) is 12.8 Å². The van der Waals surface area contributed by atoms with Crippen LogP contribution in [0.2, 0.25) is 0 Å².